The molecule has 0 aromatic carbocycles. The zero-order chi connectivity index (χ0) is 12.1. The Balaban J connectivity index is 2.83. The molecule has 90 valence electrons. The van der Waals surface area contributed by atoms with Crippen molar-refractivity contribution in [1.82, 2.24) is 19.8 Å². The number of nitrogens with one attached hydrogen (secondary N) is 1. The average Bonchev–Trinajstić information content (AvgIpc) is 2.74. The predicted molar refractivity (Wildman–Crippen MR) is 63.0 cm³/mol. The molecule has 0 aliphatic heterocycles. The van der Waals surface area contributed by atoms with E-state index in [0.717, 1.165) is 12.2 Å². The van der Waals surface area contributed by atoms with Gasteiger partial charge in [-0.05, 0) is 20.9 Å². The Hall–Kier alpha value is -1.36. The molecule has 1 heterocycles. The van der Waals surface area contributed by atoms with Gasteiger partial charge in [0.2, 0.25) is 5.91 Å². The van der Waals surface area contributed by atoms with Crippen LogP contribution < -0.4 is 5.32 Å². The van der Waals surface area contributed by atoms with Crippen LogP contribution in [0.2, 0.25) is 0 Å². The minimum atomic E-state index is -0.198. The summed E-state index contributed by atoms with van der Waals surface area (Å²) in [5, 5.41) is 3.06. The molecule has 1 unspecified atom stereocenters. The summed E-state index contributed by atoms with van der Waals surface area (Å²) < 4.78 is 1.91. The summed E-state index contributed by atoms with van der Waals surface area (Å²) in [5.41, 5.74) is 1.02. The van der Waals surface area contributed by atoms with Gasteiger partial charge in [-0.25, -0.2) is 4.98 Å². The van der Waals surface area contributed by atoms with Gasteiger partial charge in [0.05, 0.1) is 12.0 Å². The molecule has 1 aromatic rings. The average molecular weight is 224 g/mol. The largest absolute Gasteiger partial charge is 0.344 e. The van der Waals surface area contributed by atoms with Gasteiger partial charge >= 0.3 is 0 Å². The smallest absolute Gasteiger partial charge is 0.245 e. The number of imidazole rings is 1. The highest BCUT2D eigenvalue weighted by Crippen LogP contribution is 2.12. The summed E-state index contributed by atoms with van der Waals surface area (Å²) in [6, 6.07) is -0.198. The molecule has 5 heteroatoms. The Labute approximate surface area is 96.5 Å². The van der Waals surface area contributed by atoms with Crippen molar-refractivity contribution in [2.24, 2.45) is 0 Å². The fraction of sp³-hybridized carbons (Fsp3) is 0.636. The number of hydrogen-bond acceptors (Lipinski definition) is 3. The van der Waals surface area contributed by atoms with E-state index in [0.29, 0.717) is 6.54 Å². The van der Waals surface area contributed by atoms with Crippen LogP contribution in [0.3, 0.4) is 0 Å². The fourth-order valence-corrected chi connectivity index (χ4v) is 1.59. The van der Waals surface area contributed by atoms with E-state index in [1.165, 1.54) is 0 Å². The van der Waals surface area contributed by atoms with Crippen molar-refractivity contribution in [3.05, 3.63) is 18.2 Å². The standard InChI is InChI=1S/C11H20N4O/c1-5-14(4)11(16)9(2)15-8-13-7-10(15)6-12-3/h7-9,12H,5-6H2,1-4H3. The highest BCUT2D eigenvalue weighted by atomic mass is 16.2. The number of likely N-dealkylation sites (N-methyl/N-ethyl adjacent to an activating group) is 1. The van der Waals surface area contributed by atoms with Crippen LogP contribution in [0.15, 0.2) is 12.5 Å². The van der Waals surface area contributed by atoms with Crippen LogP contribution in [-0.2, 0) is 11.3 Å². The highest BCUT2D eigenvalue weighted by molar-refractivity contribution is 5.79. The molecular weight excluding hydrogens is 204 g/mol. The molecule has 0 saturated heterocycles. The molecule has 0 aliphatic rings. The SMILES string of the molecule is CCN(C)C(=O)C(C)n1cncc1CNC. The Morgan fingerprint density at radius 3 is 2.94 bits per heavy atom. The summed E-state index contributed by atoms with van der Waals surface area (Å²) in [7, 11) is 3.69. The quantitative estimate of drug-likeness (QED) is 0.798. The molecule has 16 heavy (non-hydrogen) atoms. The summed E-state index contributed by atoms with van der Waals surface area (Å²) >= 11 is 0. The van der Waals surface area contributed by atoms with E-state index in [9.17, 15) is 4.79 Å². The van der Waals surface area contributed by atoms with Crippen LogP contribution in [0.5, 0.6) is 0 Å². The second-order valence-electron chi connectivity index (χ2n) is 3.85. The molecule has 0 fully saturated rings. The zero-order valence-electron chi connectivity index (χ0n) is 10.4. The van der Waals surface area contributed by atoms with E-state index < -0.39 is 0 Å². The van der Waals surface area contributed by atoms with Crippen LogP contribution in [0, 0.1) is 0 Å². The Morgan fingerprint density at radius 1 is 1.69 bits per heavy atom. The lowest BCUT2D eigenvalue weighted by molar-refractivity contribution is -0.132. The Morgan fingerprint density at radius 2 is 2.38 bits per heavy atom. The van der Waals surface area contributed by atoms with Gasteiger partial charge in [-0.3, -0.25) is 4.79 Å². The number of hydrogen-bond donors (Lipinski definition) is 1. The molecule has 0 aliphatic carbocycles. The van der Waals surface area contributed by atoms with Crippen LogP contribution in [-0.4, -0.2) is 41.0 Å². The van der Waals surface area contributed by atoms with Crippen molar-refractivity contribution >= 4 is 5.91 Å². The van der Waals surface area contributed by atoms with Crippen molar-refractivity contribution < 1.29 is 4.79 Å². The maximum atomic E-state index is 12.0. The minimum absolute atomic E-state index is 0.109. The van der Waals surface area contributed by atoms with E-state index in [4.69, 9.17) is 0 Å². The first kappa shape index (κ1) is 12.7. The fourth-order valence-electron chi connectivity index (χ4n) is 1.59. The van der Waals surface area contributed by atoms with Crippen molar-refractivity contribution in [3.8, 4) is 0 Å². The normalized spacial score (nSPS) is 12.5. The summed E-state index contributed by atoms with van der Waals surface area (Å²) in [4.78, 5) is 17.8. The Bertz CT molecular complexity index is 348. The molecule has 0 bridgehead atoms. The van der Waals surface area contributed by atoms with Gasteiger partial charge in [0.25, 0.3) is 0 Å². The van der Waals surface area contributed by atoms with E-state index in [1.54, 1.807) is 17.4 Å². The molecule has 1 aromatic heterocycles. The lowest BCUT2D eigenvalue weighted by Crippen LogP contribution is -2.33. The van der Waals surface area contributed by atoms with Crippen molar-refractivity contribution in [1.29, 1.82) is 0 Å². The van der Waals surface area contributed by atoms with E-state index in [2.05, 4.69) is 10.3 Å². The van der Waals surface area contributed by atoms with Crippen LogP contribution in [0.1, 0.15) is 25.6 Å². The number of nitrogens with zero attached hydrogens (tertiary/aromatic N) is 3. The number of rotatable bonds is 5. The second kappa shape index (κ2) is 5.65. The monoisotopic (exact) mass is 224 g/mol. The van der Waals surface area contributed by atoms with Crippen LogP contribution in [0.25, 0.3) is 0 Å². The molecule has 1 rings (SSSR count). The number of carbonyl (C=O) groups is 1. The van der Waals surface area contributed by atoms with Gasteiger partial charge < -0.3 is 14.8 Å². The van der Waals surface area contributed by atoms with Crippen molar-refractivity contribution in [3.63, 3.8) is 0 Å². The molecule has 5 nitrogen and oxygen atoms in total. The third kappa shape index (κ3) is 2.61. The van der Waals surface area contributed by atoms with Crippen molar-refractivity contribution in [2.45, 2.75) is 26.4 Å². The molecular formula is C11H20N4O. The summed E-state index contributed by atoms with van der Waals surface area (Å²) in [6.07, 6.45) is 3.49. The first-order chi connectivity index (χ1) is 7.61. The first-order valence-corrected chi connectivity index (χ1v) is 5.52. The number of aromatic nitrogens is 2. The van der Waals surface area contributed by atoms with Gasteiger partial charge in [-0.15, -0.1) is 0 Å². The maximum absolute atomic E-state index is 12.0. The van der Waals surface area contributed by atoms with E-state index >= 15 is 0 Å². The van der Waals surface area contributed by atoms with Gasteiger partial charge in [-0.1, -0.05) is 0 Å². The topological polar surface area (TPSA) is 50.2 Å². The van der Waals surface area contributed by atoms with Crippen LogP contribution >= 0.6 is 0 Å². The predicted octanol–water partition coefficient (Wildman–Crippen LogP) is 0.642. The van der Waals surface area contributed by atoms with Gasteiger partial charge in [0.15, 0.2) is 0 Å². The van der Waals surface area contributed by atoms with Crippen LogP contribution in [0.4, 0.5) is 0 Å². The van der Waals surface area contributed by atoms with Crippen molar-refractivity contribution in [2.75, 3.05) is 20.6 Å². The highest BCUT2D eigenvalue weighted by Gasteiger charge is 2.19. The minimum Gasteiger partial charge on any atom is -0.344 e. The zero-order valence-corrected chi connectivity index (χ0v) is 10.4. The second-order valence-corrected chi connectivity index (χ2v) is 3.85. The maximum Gasteiger partial charge on any atom is 0.245 e. The Kier molecular flexibility index (Phi) is 4.49. The van der Waals surface area contributed by atoms with E-state index in [1.807, 2.05) is 32.5 Å². The van der Waals surface area contributed by atoms with E-state index in [-0.39, 0.29) is 11.9 Å². The third-order valence-electron chi connectivity index (χ3n) is 2.73. The molecule has 1 N–H and O–H groups in total. The summed E-state index contributed by atoms with van der Waals surface area (Å²) in [6.45, 7) is 5.30. The van der Waals surface area contributed by atoms with Gasteiger partial charge in [-0.2, -0.15) is 0 Å². The molecule has 0 spiro atoms. The molecule has 0 radical (unpaired) electrons. The molecule has 0 saturated carbocycles. The van der Waals surface area contributed by atoms with Gasteiger partial charge in [0.1, 0.15) is 6.04 Å². The number of carbonyl (C=O) groups excluding carboxylic acids is 1. The lowest BCUT2D eigenvalue weighted by atomic mass is 10.2. The third-order valence-corrected chi connectivity index (χ3v) is 2.73. The molecule has 1 atom stereocenters. The lowest BCUT2D eigenvalue weighted by Gasteiger charge is -2.22. The first-order valence-electron chi connectivity index (χ1n) is 5.52. The van der Waals surface area contributed by atoms with Gasteiger partial charge in [0, 0.05) is 26.3 Å². The summed E-state index contributed by atoms with van der Waals surface area (Å²) in [5.74, 6) is 0.109. The number of amides is 1. The molecule has 1 amide bonds.